The Morgan fingerprint density at radius 1 is 1.17 bits per heavy atom. The molecule has 1 fully saturated rings. The second kappa shape index (κ2) is 6.76. The number of carbonyl (C=O) groups is 1. The van der Waals surface area contributed by atoms with Crippen molar-refractivity contribution in [3.05, 3.63) is 34.9 Å². The number of carbonyl (C=O) groups excluding carboxylic acids is 1. The Kier molecular flexibility index (Phi) is 5.02. The van der Waals surface area contributed by atoms with E-state index >= 15 is 0 Å². The van der Waals surface area contributed by atoms with Gasteiger partial charge in [-0.1, -0.05) is 11.6 Å². The van der Waals surface area contributed by atoms with Crippen molar-refractivity contribution in [2.24, 2.45) is 0 Å². The van der Waals surface area contributed by atoms with Crippen molar-refractivity contribution in [3.8, 4) is 0 Å². The van der Waals surface area contributed by atoms with E-state index in [2.05, 4.69) is 5.32 Å². The van der Waals surface area contributed by atoms with Gasteiger partial charge in [-0.3, -0.25) is 4.79 Å². The van der Waals surface area contributed by atoms with Gasteiger partial charge in [0.05, 0.1) is 26.2 Å². The van der Waals surface area contributed by atoms with Crippen LogP contribution in [-0.2, 0) is 0 Å². The van der Waals surface area contributed by atoms with Crippen LogP contribution in [0.25, 0.3) is 0 Å². The molecule has 1 saturated heterocycles. The molecule has 0 saturated carbocycles. The van der Waals surface area contributed by atoms with Crippen LogP contribution in [-0.4, -0.2) is 32.1 Å². The zero-order chi connectivity index (χ0) is 12.8. The van der Waals surface area contributed by atoms with Gasteiger partial charge in [-0.2, -0.15) is 0 Å². The Morgan fingerprint density at radius 3 is 2.50 bits per heavy atom. The summed E-state index contributed by atoms with van der Waals surface area (Å²) < 4.78 is 0. The minimum Gasteiger partial charge on any atom is -0.346 e. The molecule has 0 unspecified atom stereocenters. The van der Waals surface area contributed by atoms with Crippen molar-refractivity contribution >= 4 is 17.5 Å². The number of halogens is 1. The van der Waals surface area contributed by atoms with Gasteiger partial charge in [0.2, 0.25) is 0 Å². The van der Waals surface area contributed by atoms with Gasteiger partial charge in [0, 0.05) is 10.6 Å². The van der Waals surface area contributed by atoms with Gasteiger partial charge < -0.3 is 10.2 Å². The molecule has 2 rings (SSSR count). The summed E-state index contributed by atoms with van der Waals surface area (Å²) in [5, 5.41) is 3.62. The van der Waals surface area contributed by atoms with Crippen molar-refractivity contribution in [1.29, 1.82) is 0 Å². The second-order valence-corrected chi connectivity index (χ2v) is 5.26. The summed E-state index contributed by atoms with van der Waals surface area (Å²) in [4.78, 5) is 13.4. The number of amides is 1. The fraction of sp³-hybridized carbons (Fsp3) is 0.500. The molecule has 0 aromatic heterocycles. The minimum absolute atomic E-state index is 0.0110. The Labute approximate surface area is 113 Å². The van der Waals surface area contributed by atoms with Crippen LogP contribution in [0.1, 0.15) is 29.6 Å². The first-order valence-electron chi connectivity index (χ1n) is 6.63. The molecule has 1 amide bonds. The van der Waals surface area contributed by atoms with E-state index < -0.39 is 0 Å². The summed E-state index contributed by atoms with van der Waals surface area (Å²) >= 11 is 5.79. The number of piperidine rings is 1. The van der Waals surface area contributed by atoms with Crippen molar-refractivity contribution in [2.45, 2.75) is 19.3 Å². The van der Waals surface area contributed by atoms with Crippen LogP contribution in [0.5, 0.6) is 0 Å². The molecule has 2 N–H and O–H groups in total. The number of rotatable bonds is 4. The third kappa shape index (κ3) is 4.00. The molecule has 0 radical (unpaired) electrons. The van der Waals surface area contributed by atoms with Crippen LogP contribution >= 0.6 is 11.6 Å². The number of likely N-dealkylation sites (tertiary alicyclic amines) is 1. The first-order valence-corrected chi connectivity index (χ1v) is 7.01. The van der Waals surface area contributed by atoms with Crippen molar-refractivity contribution < 1.29 is 9.69 Å². The van der Waals surface area contributed by atoms with Gasteiger partial charge in [0.25, 0.3) is 5.91 Å². The second-order valence-electron chi connectivity index (χ2n) is 4.82. The summed E-state index contributed by atoms with van der Waals surface area (Å²) in [5.41, 5.74) is 0.674. The summed E-state index contributed by atoms with van der Waals surface area (Å²) in [6.45, 7) is 4.27. The average molecular weight is 268 g/mol. The van der Waals surface area contributed by atoms with Gasteiger partial charge in [-0.25, -0.2) is 0 Å². The van der Waals surface area contributed by atoms with Crippen LogP contribution in [0.15, 0.2) is 24.3 Å². The van der Waals surface area contributed by atoms with E-state index in [9.17, 15) is 4.79 Å². The first kappa shape index (κ1) is 13.4. The van der Waals surface area contributed by atoms with Gasteiger partial charge in [0.1, 0.15) is 0 Å². The Bertz CT molecular complexity index is 385. The largest absolute Gasteiger partial charge is 0.346 e. The van der Waals surface area contributed by atoms with Crippen LogP contribution in [0.3, 0.4) is 0 Å². The fourth-order valence-corrected chi connectivity index (χ4v) is 2.48. The smallest absolute Gasteiger partial charge is 0.251 e. The van der Waals surface area contributed by atoms with E-state index in [4.69, 9.17) is 11.6 Å². The number of nitrogens with one attached hydrogen (secondary N) is 2. The fourth-order valence-electron chi connectivity index (χ4n) is 2.36. The van der Waals surface area contributed by atoms with Crippen molar-refractivity contribution in [2.75, 3.05) is 26.2 Å². The zero-order valence-corrected chi connectivity index (χ0v) is 11.3. The van der Waals surface area contributed by atoms with Gasteiger partial charge >= 0.3 is 0 Å². The Morgan fingerprint density at radius 2 is 1.83 bits per heavy atom. The molecule has 1 heterocycles. The third-order valence-electron chi connectivity index (χ3n) is 3.43. The van der Waals surface area contributed by atoms with E-state index in [0.717, 1.165) is 13.1 Å². The molecule has 0 aliphatic carbocycles. The monoisotopic (exact) mass is 267 g/mol. The quantitative estimate of drug-likeness (QED) is 0.843. The first-order chi connectivity index (χ1) is 8.75. The molecule has 1 aliphatic heterocycles. The maximum atomic E-state index is 11.8. The number of benzene rings is 1. The highest BCUT2D eigenvalue weighted by atomic mass is 35.5. The molecule has 0 bridgehead atoms. The molecule has 1 aliphatic rings. The average Bonchev–Trinajstić information content (AvgIpc) is 2.40. The lowest BCUT2D eigenvalue weighted by atomic mass is 10.1. The number of quaternary nitrogens is 1. The van der Waals surface area contributed by atoms with Gasteiger partial charge in [0.15, 0.2) is 0 Å². The highest BCUT2D eigenvalue weighted by Gasteiger charge is 2.13. The highest BCUT2D eigenvalue weighted by Crippen LogP contribution is 2.09. The molecule has 1 aromatic carbocycles. The normalized spacial score (nSPS) is 16.5. The zero-order valence-electron chi connectivity index (χ0n) is 10.5. The molecule has 98 valence electrons. The maximum absolute atomic E-state index is 11.8. The molecule has 1 aromatic rings. The lowest BCUT2D eigenvalue weighted by molar-refractivity contribution is -0.903. The molecule has 4 heteroatoms. The molecule has 18 heavy (non-hydrogen) atoms. The van der Waals surface area contributed by atoms with Crippen molar-refractivity contribution in [3.63, 3.8) is 0 Å². The van der Waals surface area contributed by atoms with Gasteiger partial charge in [-0.15, -0.1) is 0 Å². The van der Waals surface area contributed by atoms with Crippen LogP contribution in [0.2, 0.25) is 5.02 Å². The topological polar surface area (TPSA) is 33.5 Å². The molecular formula is C14H20ClN2O+. The number of hydrogen-bond acceptors (Lipinski definition) is 1. The van der Waals surface area contributed by atoms with Crippen molar-refractivity contribution in [1.82, 2.24) is 5.32 Å². The number of hydrogen-bond donors (Lipinski definition) is 2. The van der Waals surface area contributed by atoms with E-state index in [1.807, 2.05) is 0 Å². The SMILES string of the molecule is O=C(NCC[NH+]1CCCCC1)c1ccc(Cl)cc1. The lowest BCUT2D eigenvalue weighted by Crippen LogP contribution is -3.13. The van der Waals surface area contributed by atoms with E-state index in [-0.39, 0.29) is 5.91 Å². The lowest BCUT2D eigenvalue weighted by Gasteiger charge is -2.23. The van der Waals surface area contributed by atoms with E-state index in [1.54, 1.807) is 29.2 Å². The van der Waals surface area contributed by atoms with E-state index in [1.165, 1.54) is 32.4 Å². The molecule has 3 nitrogen and oxygen atoms in total. The van der Waals surface area contributed by atoms with E-state index in [0.29, 0.717) is 10.6 Å². The molecular weight excluding hydrogens is 248 g/mol. The summed E-state index contributed by atoms with van der Waals surface area (Å²) in [6, 6.07) is 7.00. The minimum atomic E-state index is -0.0110. The predicted molar refractivity (Wildman–Crippen MR) is 73.2 cm³/mol. The maximum Gasteiger partial charge on any atom is 0.251 e. The Balaban J connectivity index is 1.72. The van der Waals surface area contributed by atoms with Crippen LogP contribution in [0, 0.1) is 0 Å². The highest BCUT2D eigenvalue weighted by molar-refractivity contribution is 6.30. The summed E-state index contributed by atoms with van der Waals surface area (Å²) in [7, 11) is 0. The predicted octanol–water partition coefficient (Wildman–Crippen LogP) is 1.14. The summed E-state index contributed by atoms with van der Waals surface area (Å²) in [5.74, 6) is -0.0110. The van der Waals surface area contributed by atoms with Gasteiger partial charge in [-0.05, 0) is 43.5 Å². The van der Waals surface area contributed by atoms with Crippen LogP contribution < -0.4 is 10.2 Å². The molecule has 0 atom stereocenters. The summed E-state index contributed by atoms with van der Waals surface area (Å²) in [6.07, 6.45) is 4.00. The standard InChI is InChI=1S/C14H19ClN2O/c15-13-6-4-12(5-7-13)14(18)16-8-11-17-9-2-1-3-10-17/h4-7H,1-3,8-11H2,(H,16,18)/p+1. The third-order valence-corrected chi connectivity index (χ3v) is 3.68. The Hall–Kier alpha value is -1.06. The van der Waals surface area contributed by atoms with Crippen LogP contribution in [0.4, 0.5) is 0 Å². The molecule has 0 spiro atoms.